The highest BCUT2D eigenvalue weighted by atomic mass is 16.3. The molecule has 3 N–H and O–H groups in total. The number of piperidine rings is 1. The highest BCUT2D eigenvalue weighted by Crippen LogP contribution is 2.33. The number of fused-ring (bicyclic) bond motifs is 1. The molecule has 1 saturated carbocycles. The summed E-state index contributed by atoms with van der Waals surface area (Å²) in [5.41, 5.74) is 6.32. The Bertz CT molecular complexity index is 1150. The van der Waals surface area contributed by atoms with Crippen LogP contribution in [0.2, 0.25) is 0 Å². The molecule has 0 atom stereocenters. The summed E-state index contributed by atoms with van der Waals surface area (Å²) in [6, 6.07) is 7.16. The van der Waals surface area contributed by atoms with Gasteiger partial charge < -0.3 is 15.7 Å². The molecule has 9 nitrogen and oxygen atoms in total. The summed E-state index contributed by atoms with van der Waals surface area (Å²) < 4.78 is 3.03. The van der Waals surface area contributed by atoms with E-state index in [4.69, 9.17) is 5.73 Å². The Kier molecular flexibility index (Phi) is 4.35. The van der Waals surface area contributed by atoms with Crippen molar-refractivity contribution < 1.29 is 9.90 Å². The Morgan fingerprint density at radius 3 is 2.57 bits per heavy atom. The van der Waals surface area contributed by atoms with Crippen molar-refractivity contribution in [3.8, 4) is 5.69 Å². The van der Waals surface area contributed by atoms with Gasteiger partial charge in [0.2, 0.25) is 5.91 Å². The number of aromatic nitrogens is 4. The minimum atomic E-state index is -1.04. The van der Waals surface area contributed by atoms with Gasteiger partial charge >= 0.3 is 0 Å². The molecule has 3 heterocycles. The molecule has 0 unspecified atom stereocenters. The molecule has 30 heavy (non-hydrogen) atoms. The van der Waals surface area contributed by atoms with Crippen LogP contribution in [-0.2, 0) is 11.3 Å². The third kappa shape index (κ3) is 3.35. The van der Waals surface area contributed by atoms with Crippen LogP contribution < -0.4 is 11.3 Å². The van der Waals surface area contributed by atoms with Gasteiger partial charge in [-0.1, -0.05) is 0 Å². The topological polar surface area (TPSA) is 119 Å². The van der Waals surface area contributed by atoms with Crippen molar-refractivity contribution in [3.63, 3.8) is 0 Å². The van der Waals surface area contributed by atoms with E-state index < -0.39 is 5.60 Å². The number of amides is 1. The van der Waals surface area contributed by atoms with Crippen molar-refractivity contribution in [2.75, 3.05) is 18.8 Å². The first kappa shape index (κ1) is 18.8. The average Bonchev–Trinajstić information content (AvgIpc) is 3.50. The lowest BCUT2D eigenvalue weighted by molar-refractivity contribution is -0.137. The first-order chi connectivity index (χ1) is 14.4. The summed E-state index contributed by atoms with van der Waals surface area (Å²) in [5, 5.41) is 15.7. The summed E-state index contributed by atoms with van der Waals surface area (Å²) in [7, 11) is 0. The number of hydrogen-bond donors (Lipinski definition) is 2. The fourth-order valence-electron chi connectivity index (χ4n) is 4.07. The van der Waals surface area contributed by atoms with E-state index in [2.05, 4.69) is 10.1 Å². The number of hydrogen-bond acceptors (Lipinski definition) is 6. The Labute approximate surface area is 172 Å². The van der Waals surface area contributed by atoms with E-state index in [-0.39, 0.29) is 23.9 Å². The lowest BCUT2D eigenvalue weighted by atomic mass is 9.91. The largest absolute Gasteiger partial charge is 0.399 e. The van der Waals surface area contributed by atoms with Crippen LogP contribution in [0.1, 0.15) is 25.7 Å². The van der Waals surface area contributed by atoms with E-state index >= 15 is 0 Å². The molecular formula is C21H24N6O3. The predicted molar refractivity (Wildman–Crippen MR) is 111 cm³/mol. The third-order valence-corrected chi connectivity index (χ3v) is 6.09. The number of benzene rings is 1. The second kappa shape index (κ2) is 6.94. The van der Waals surface area contributed by atoms with Gasteiger partial charge in [-0.3, -0.25) is 14.2 Å². The van der Waals surface area contributed by atoms with Gasteiger partial charge in [0.15, 0.2) is 5.65 Å². The van der Waals surface area contributed by atoms with Gasteiger partial charge in [0.1, 0.15) is 11.7 Å². The molecule has 0 radical (unpaired) electrons. The Balaban J connectivity index is 1.36. The van der Waals surface area contributed by atoms with Crippen LogP contribution in [0.5, 0.6) is 0 Å². The van der Waals surface area contributed by atoms with Crippen LogP contribution in [0, 0.1) is 5.92 Å². The minimum absolute atomic E-state index is 0.146. The van der Waals surface area contributed by atoms with Crippen molar-refractivity contribution in [2.45, 2.75) is 37.8 Å². The van der Waals surface area contributed by atoms with Crippen LogP contribution in [0.25, 0.3) is 16.7 Å². The maximum atomic E-state index is 13.0. The van der Waals surface area contributed by atoms with Crippen molar-refractivity contribution in [2.24, 2.45) is 5.92 Å². The number of rotatable bonds is 4. The van der Waals surface area contributed by atoms with E-state index in [1.165, 1.54) is 17.1 Å². The Morgan fingerprint density at radius 1 is 1.20 bits per heavy atom. The molecule has 3 aromatic rings. The van der Waals surface area contributed by atoms with Crippen molar-refractivity contribution >= 4 is 22.6 Å². The zero-order valence-corrected chi connectivity index (χ0v) is 16.6. The number of aliphatic hydroxyl groups is 1. The van der Waals surface area contributed by atoms with E-state index in [1.807, 2.05) is 17.0 Å². The summed E-state index contributed by atoms with van der Waals surface area (Å²) in [5.74, 6) is 0.385. The minimum Gasteiger partial charge on any atom is -0.399 e. The van der Waals surface area contributed by atoms with Crippen molar-refractivity contribution in [3.05, 3.63) is 47.1 Å². The molecule has 2 aromatic heterocycles. The highest BCUT2D eigenvalue weighted by Gasteiger charge is 2.39. The van der Waals surface area contributed by atoms with Crippen molar-refractivity contribution in [1.82, 2.24) is 24.2 Å². The van der Waals surface area contributed by atoms with Crippen LogP contribution in [0.15, 0.2) is 41.6 Å². The zero-order chi connectivity index (χ0) is 20.9. The number of carbonyl (C=O) groups excluding carboxylic acids is 1. The predicted octanol–water partition coefficient (Wildman–Crippen LogP) is 0.928. The number of anilines is 1. The summed E-state index contributed by atoms with van der Waals surface area (Å²) >= 11 is 0. The van der Waals surface area contributed by atoms with Crippen LogP contribution in [0.4, 0.5) is 5.69 Å². The third-order valence-electron chi connectivity index (χ3n) is 6.09. The van der Waals surface area contributed by atoms with E-state index in [1.54, 1.807) is 16.8 Å². The van der Waals surface area contributed by atoms with Gasteiger partial charge in [0, 0.05) is 24.7 Å². The van der Waals surface area contributed by atoms with E-state index in [9.17, 15) is 14.7 Å². The van der Waals surface area contributed by atoms with E-state index in [0.29, 0.717) is 42.7 Å². The molecule has 1 saturated heterocycles. The first-order valence-corrected chi connectivity index (χ1v) is 10.2. The molecule has 2 aliphatic rings. The molecular weight excluding hydrogens is 384 g/mol. The lowest BCUT2D eigenvalue weighted by Gasteiger charge is -2.38. The number of nitrogen functional groups attached to an aromatic ring is 1. The SMILES string of the molecule is Nc1ccc(-n2ncc3c(=O)n(CC4(O)CCN(C(=O)C5CC5)CC4)cnc32)cc1. The molecule has 156 valence electrons. The second-order valence-electron chi connectivity index (χ2n) is 8.39. The number of likely N-dealkylation sites (tertiary alicyclic amines) is 1. The molecule has 1 aliphatic heterocycles. The van der Waals surface area contributed by atoms with Gasteiger partial charge in [0.05, 0.1) is 24.0 Å². The maximum absolute atomic E-state index is 13.0. The quantitative estimate of drug-likeness (QED) is 0.620. The van der Waals surface area contributed by atoms with Gasteiger partial charge in [-0.25, -0.2) is 9.67 Å². The van der Waals surface area contributed by atoms with Crippen molar-refractivity contribution in [1.29, 1.82) is 0 Å². The van der Waals surface area contributed by atoms with Gasteiger partial charge in [0.25, 0.3) is 5.56 Å². The highest BCUT2D eigenvalue weighted by molar-refractivity contribution is 5.81. The molecule has 5 rings (SSSR count). The fourth-order valence-corrected chi connectivity index (χ4v) is 4.07. The van der Waals surface area contributed by atoms with Gasteiger partial charge in [-0.2, -0.15) is 5.10 Å². The van der Waals surface area contributed by atoms with E-state index in [0.717, 1.165) is 18.5 Å². The van der Waals surface area contributed by atoms with Gasteiger partial charge in [-0.15, -0.1) is 0 Å². The molecule has 0 spiro atoms. The molecule has 0 bridgehead atoms. The van der Waals surface area contributed by atoms with Crippen LogP contribution in [0.3, 0.4) is 0 Å². The maximum Gasteiger partial charge on any atom is 0.264 e. The second-order valence-corrected chi connectivity index (χ2v) is 8.39. The molecule has 1 amide bonds. The molecule has 1 aromatic carbocycles. The number of carbonyl (C=O) groups is 1. The van der Waals surface area contributed by atoms with Crippen LogP contribution >= 0.6 is 0 Å². The first-order valence-electron chi connectivity index (χ1n) is 10.2. The van der Waals surface area contributed by atoms with Crippen LogP contribution in [-0.4, -0.2) is 53.9 Å². The molecule has 1 aliphatic carbocycles. The summed E-state index contributed by atoms with van der Waals surface area (Å²) in [6.07, 6.45) is 5.80. The van der Waals surface area contributed by atoms with Gasteiger partial charge in [-0.05, 0) is 49.9 Å². The number of nitrogens with zero attached hydrogens (tertiary/aromatic N) is 5. The summed E-state index contributed by atoms with van der Waals surface area (Å²) in [6.45, 7) is 1.18. The number of nitrogens with two attached hydrogens (primary N) is 1. The standard InChI is InChI=1S/C21H24N6O3/c22-15-3-5-16(6-4-15)27-18-17(11-24-27)20(29)26(13-23-18)12-21(30)7-9-25(10-8-21)19(28)14-1-2-14/h3-6,11,13-14,30H,1-2,7-10,12,22H2. The lowest BCUT2D eigenvalue weighted by Crippen LogP contribution is -2.50. The Morgan fingerprint density at radius 2 is 1.90 bits per heavy atom. The average molecular weight is 408 g/mol. The Hall–Kier alpha value is -3.20. The normalized spacial score (nSPS) is 18.6. The zero-order valence-electron chi connectivity index (χ0n) is 16.6. The fraction of sp³-hybridized carbons (Fsp3) is 0.429. The summed E-state index contributed by atoms with van der Waals surface area (Å²) in [4.78, 5) is 31.5. The monoisotopic (exact) mass is 408 g/mol. The molecule has 9 heteroatoms. The molecule has 2 fully saturated rings. The smallest absolute Gasteiger partial charge is 0.264 e.